The number of hydrogen-bond donors (Lipinski definition) is 1. The molecule has 0 aliphatic carbocycles. The summed E-state index contributed by atoms with van der Waals surface area (Å²) in [5.74, 6) is 1.81. The number of hydrogen-bond acceptors (Lipinski definition) is 3. The molecule has 1 aromatic carbocycles. The second-order valence-corrected chi connectivity index (χ2v) is 5.47. The zero-order valence-corrected chi connectivity index (χ0v) is 12.5. The zero-order chi connectivity index (χ0) is 14.4. The van der Waals surface area contributed by atoms with Gasteiger partial charge in [-0.3, -0.25) is 0 Å². The molecule has 0 saturated carbocycles. The summed E-state index contributed by atoms with van der Waals surface area (Å²) in [5, 5.41) is 3.98. The molecule has 1 N–H and O–H groups in total. The molecule has 20 heavy (non-hydrogen) atoms. The number of pyridine rings is 1. The lowest BCUT2D eigenvalue weighted by atomic mass is 10.2. The maximum absolute atomic E-state index is 6.07. The molecule has 4 heteroatoms. The molecule has 2 rings (SSSR count). The molecule has 106 valence electrons. The predicted molar refractivity (Wildman–Crippen MR) is 82.3 cm³/mol. The van der Waals surface area contributed by atoms with Crippen molar-refractivity contribution in [2.45, 2.75) is 20.4 Å². The van der Waals surface area contributed by atoms with Crippen LogP contribution in [0.5, 0.6) is 11.6 Å². The third-order valence-corrected chi connectivity index (χ3v) is 3.04. The highest BCUT2D eigenvalue weighted by molar-refractivity contribution is 6.32. The highest BCUT2D eigenvalue weighted by atomic mass is 35.5. The molecule has 0 spiro atoms. The van der Waals surface area contributed by atoms with Gasteiger partial charge in [-0.15, -0.1) is 0 Å². The third kappa shape index (κ3) is 4.51. The molecule has 3 nitrogen and oxygen atoms in total. The van der Waals surface area contributed by atoms with E-state index in [1.807, 2.05) is 30.3 Å². The molecule has 0 amide bonds. The van der Waals surface area contributed by atoms with Crippen molar-refractivity contribution in [1.82, 2.24) is 10.3 Å². The number of aromatic nitrogens is 1. The van der Waals surface area contributed by atoms with Crippen LogP contribution >= 0.6 is 11.6 Å². The quantitative estimate of drug-likeness (QED) is 0.862. The van der Waals surface area contributed by atoms with Crippen LogP contribution in [0.1, 0.15) is 19.4 Å². The highest BCUT2D eigenvalue weighted by Gasteiger charge is 2.04. The zero-order valence-electron chi connectivity index (χ0n) is 11.8. The molecule has 0 bridgehead atoms. The Labute approximate surface area is 124 Å². The molecule has 0 unspecified atom stereocenters. The average Bonchev–Trinajstić information content (AvgIpc) is 2.41. The topological polar surface area (TPSA) is 34.2 Å². The van der Waals surface area contributed by atoms with Crippen LogP contribution in [0, 0.1) is 5.92 Å². The van der Waals surface area contributed by atoms with Crippen molar-refractivity contribution >= 4 is 11.6 Å². The molecule has 1 heterocycles. The van der Waals surface area contributed by atoms with Crippen molar-refractivity contribution in [3.63, 3.8) is 0 Å². The van der Waals surface area contributed by atoms with Gasteiger partial charge in [-0.25, -0.2) is 4.98 Å². The minimum absolute atomic E-state index is 0.557. The van der Waals surface area contributed by atoms with E-state index in [0.717, 1.165) is 18.7 Å². The standard InChI is InChI=1S/C16H19ClN2O/c1-12(2)10-18-11-13-7-8-19-16(9-13)20-15-6-4-3-5-14(15)17/h3-9,12,18H,10-11H2,1-2H3. The first-order valence-corrected chi connectivity index (χ1v) is 7.11. The fourth-order valence-corrected chi connectivity index (χ4v) is 1.94. The molecular formula is C16H19ClN2O. The predicted octanol–water partition coefficient (Wildman–Crippen LogP) is 4.27. The van der Waals surface area contributed by atoms with Gasteiger partial charge in [-0.1, -0.05) is 37.6 Å². The first kappa shape index (κ1) is 14.8. The molecular weight excluding hydrogens is 272 g/mol. The number of nitrogens with zero attached hydrogens (tertiary/aromatic N) is 1. The van der Waals surface area contributed by atoms with E-state index in [9.17, 15) is 0 Å². The van der Waals surface area contributed by atoms with Gasteiger partial charge < -0.3 is 10.1 Å². The number of benzene rings is 1. The third-order valence-electron chi connectivity index (χ3n) is 2.73. The van der Waals surface area contributed by atoms with Gasteiger partial charge >= 0.3 is 0 Å². The fourth-order valence-electron chi connectivity index (χ4n) is 1.76. The van der Waals surface area contributed by atoms with Crippen LogP contribution in [0.15, 0.2) is 42.6 Å². The van der Waals surface area contributed by atoms with Crippen LogP contribution in [0.3, 0.4) is 0 Å². The lowest BCUT2D eigenvalue weighted by Crippen LogP contribution is -2.18. The van der Waals surface area contributed by atoms with Gasteiger partial charge in [0, 0.05) is 18.8 Å². The van der Waals surface area contributed by atoms with Crippen molar-refractivity contribution in [2.75, 3.05) is 6.54 Å². The summed E-state index contributed by atoms with van der Waals surface area (Å²) in [6, 6.07) is 11.3. The second kappa shape index (κ2) is 7.27. The molecule has 0 aliphatic rings. The Hall–Kier alpha value is -1.58. The van der Waals surface area contributed by atoms with Crippen LogP contribution in [0.2, 0.25) is 5.02 Å². The van der Waals surface area contributed by atoms with E-state index in [4.69, 9.17) is 16.3 Å². The van der Waals surface area contributed by atoms with Gasteiger partial charge in [-0.2, -0.15) is 0 Å². The Bertz CT molecular complexity index is 558. The number of halogens is 1. The average molecular weight is 291 g/mol. The minimum atomic E-state index is 0.557. The summed E-state index contributed by atoms with van der Waals surface area (Å²) in [5.41, 5.74) is 1.14. The van der Waals surface area contributed by atoms with Gasteiger partial charge in [0.05, 0.1) is 5.02 Å². The monoisotopic (exact) mass is 290 g/mol. The van der Waals surface area contributed by atoms with Crippen LogP contribution in [0.25, 0.3) is 0 Å². The van der Waals surface area contributed by atoms with E-state index in [0.29, 0.717) is 22.6 Å². The Morgan fingerprint density at radius 1 is 1.25 bits per heavy atom. The number of rotatable bonds is 6. The lowest BCUT2D eigenvalue weighted by molar-refractivity contribution is 0.461. The van der Waals surface area contributed by atoms with E-state index >= 15 is 0 Å². The molecule has 2 aromatic rings. The SMILES string of the molecule is CC(C)CNCc1ccnc(Oc2ccccc2Cl)c1. The summed E-state index contributed by atoms with van der Waals surface area (Å²) >= 11 is 6.07. The molecule has 0 saturated heterocycles. The Morgan fingerprint density at radius 2 is 2.05 bits per heavy atom. The highest BCUT2D eigenvalue weighted by Crippen LogP contribution is 2.27. The van der Waals surface area contributed by atoms with Gasteiger partial charge in [0.1, 0.15) is 5.75 Å². The van der Waals surface area contributed by atoms with Crippen molar-refractivity contribution in [3.8, 4) is 11.6 Å². The number of ether oxygens (including phenoxy) is 1. The fraction of sp³-hybridized carbons (Fsp3) is 0.312. The van der Waals surface area contributed by atoms with E-state index in [-0.39, 0.29) is 0 Å². The summed E-state index contributed by atoms with van der Waals surface area (Å²) in [4.78, 5) is 4.21. The van der Waals surface area contributed by atoms with Gasteiger partial charge in [0.2, 0.25) is 5.88 Å². The van der Waals surface area contributed by atoms with Crippen LogP contribution in [-0.4, -0.2) is 11.5 Å². The summed E-state index contributed by atoms with van der Waals surface area (Å²) in [6.45, 7) is 6.17. The second-order valence-electron chi connectivity index (χ2n) is 5.06. The van der Waals surface area contributed by atoms with E-state index in [1.165, 1.54) is 0 Å². The maximum Gasteiger partial charge on any atom is 0.219 e. The summed E-state index contributed by atoms with van der Waals surface area (Å²) < 4.78 is 5.71. The van der Waals surface area contributed by atoms with Crippen LogP contribution in [-0.2, 0) is 6.54 Å². The van der Waals surface area contributed by atoms with Crippen molar-refractivity contribution in [3.05, 3.63) is 53.2 Å². The van der Waals surface area contributed by atoms with Crippen molar-refractivity contribution in [2.24, 2.45) is 5.92 Å². The summed E-state index contributed by atoms with van der Waals surface area (Å²) in [6.07, 6.45) is 1.75. The van der Waals surface area contributed by atoms with Crippen molar-refractivity contribution < 1.29 is 4.74 Å². The Balaban J connectivity index is 2.01. The van der Waals surface area contributed by atoms with Gasteiger partial charge in [0.25, 0.3) is 0 Å². The van der Waals surface area contributed by atoms with E-state index in [1.54, 1.807) is 12.3 Å². The molecule has 0 radical (unpaired) electrons. The summed E-state index contributed by atoms with van der Waals surface area (Å²) in [7, 11) is 0. The largest absolute Gasteiger partial charge is 0.437 e. The van der Waals surface area contributed by atoms with Crippen molar-refractivity contribution in [1.29, 1.82) is 0 Å². The lowest BCUT2D eigenvalue weighted by Gasteiger charge is -2.09. The minimum Gasteiger partial charge on any atom is -0.437 e. The first-order valence-electron chi connectivity index (χ1n) is 6.73. The molecule has 0 atom stereocenters. The Morgan fingerprint density at radius 3 is 2.80 bits per heavy atom. The normalized spacial score (nSPS) is 10.8. The van der Waals surface area contributed by atoms with Gasteiger partial charge in [-0.05, 0) is 36.2 Å². The maximum atomic E-state index is 6.07. The molecule has 0 fully saturated rings. The van der Waals surface area contributed by atoms with E-state index < -0.39 is 0 Å². The Kier molecular flexibility index (Phi) is 5.39. The smallest absolute Gasteiger partial charge is 0.219 e. The number of nitrogens with one attached hydrogen (secondary N) is 1. The van der Waals surface area contributed by atoms with Crippen LogP contribution < -0.4 is 10.1 Å². The van der Waals surface area contributed by atoms with Gasteiger partial charge in [0.15, 0.2) is 0 Å². The first-order chi connectivity index (χ1) is 9.65. The number of para-hydroxylation sites is 1. The molecule has 1 aromatic heterocycles. The van der Waals surface area contributed by atoms with Crippen LogP contribution in [0.4, 0.5) is 0 Å². The molecule has 0 aliphatic heterocycles. The van der Waals surface area contributed by atoms with E-state index in [2.05, 4.69) is 24.1 Å².